The lowest BCUT2D eigenvalue weighted by atomic mass is 9.55. The predicted octanol–water partition coefficient (Wildman–Crippen LogP) is 6.79. The monoisotopic (exact) mass is 495 g/mol. The van der Waals surface area contributed by atoms with Crippen LogP contribution in [0, 0.1) is 5.92 Å². The van der Waals surface area contributed by atoms with Crippen molar-refractivity contribution in [2.75, 3.05) is 13.6 Å². The maximum absolute atomic E-state index is 6.44. The van der Waals surface area contributed by atoms with Gasteiger partial charge in [-0.05, 0) is 60.2 Å². The molecule has 1 saturated carbocycles. The first-order chi connectivity index (χ1) is 17.5. The Hall–Kier alpha value is -3.37. The van der Waals surface area contributed by atoms with Gasteiger partial charge in [0.05, 0.1) is 17.8 Å². The molecule has 1 unspecified atom stereocenters. The summed E-state index contributed by atoms with van der Waals surface area (Å²) in [7, 11) is 2.07. The van der Waals surface area contributed by atoms with E-state index in [1.54, 1.807) is 0 Å². The van der Waals surface area contributed by atoms with E-state index in [9.17, 15) is 0 Å². The Morgan fingerprint density at radius 3 is 2.50 bits per heavy atom. The first-order valence-electron chi connectivity index (χ1n) is 12.6. The van der Waals surface area contributed by atoms with Crippen molar-refractivity contribution in [1.29, 1.82) is 0 Å². The van der Waals surface area contributed by atoms with E-state index in [0.29, 0.717) is 12.5 Å². The average Bonchev–Trinajstić information content (AvgIpc) is 3.23. The first kappa shape index (κ1) is 23.1. The van der Waals surface area contributed by atoms with Crippen LogP contribution in [0.4, 0.5) is 0 Å². The Morgan fingerprint density at radius 1 is 0.972 bits per heavy atom. The Kier molecular flexibility index (Phi) is 5.93. The molecule has 3 aromatic carbocycles. The minimum Gasteiger partial charge on any atom is -0.487 e. The fourth-order valence-electron chi connectivity index (χ4n) is 5.91. The summed E-state index contributed by atoms with van der Waals surface area (Å²) in [5.41, 5.74) is 5.38. The first-order valence-corrected chi connectivity index (χ1v) is 13.1. The van der Waals surface area contributed by atoms with E-state index in [1.165, 1.54) is 11.1 Å². The molecule has 4 nitrogen and oxygen atoms in total. The van der Waals surface area contributed by atoms with Crippen molar-refractivity contribution >= 4 is 28.3 Å². The number of pyridine rings is 1. The molecule has 1 aliphatic heterocycles. The second-order valence-corrected chi connectivity index (χ2v) is 10.7. The van der Waals surface area contributed by atoms with Gasteiger partial charge in [0.1, 0.15) is 23.7 Å². The molecule has 4 aromatic rings. The molecule has 5 heteroatoms. The smallest absolute Gasteiger partial charge is 0.143 e. The van der Waals surface area contributed by atoms with Gasteiger partial charge in [-0.2, -0.15) is 0 Å². The van der Waals surface area contributed by atoms with Gasteiger partial charge >= 0.3 is 0 Å². The molecule has 0 radical (unpaired) electrons. The number of halogens is 1. The number of hydrogen-bond acceptors (Lipinski definition) is 4. The number of rotatable bonds is 6. The highest BCUT2D eigenvalue weighted by atomic mass is 35.5. The number of para-hydroxylation sites is 1. The van der Waals surface area contributed by atoms with E-state index in [1.807, 2.05) is 24.3 Å². The second kappa shape index (κ2) is 9.25. The third kappa shape index (κ3) is 4.14. The highest BCUT2D eigenvalue weighted by Crippen LogP contribution is 2.54. The molecule has 0 N–H and O–H groups in total. The zero-order valence-corrected chi connectivity index (χ0v) is 21.4. The van der Waals surface area contributed by atoms with Crippen molar-refractivity contribution in [2.45, 2.75) is 37.3 Å². The van der Waals surface area contributed by atoms with Crippen LogP contribution in [0.5, 0.6) is 5.75 Å². The molecule has 2 heterocycles. The Balaban J connectivity index is 1.39. The number of aliphatic imine (C=N–C) groups is 1. The van der Waals surface area contributed by atoms with Crippen LogP contribution in [-0.4, -0.2) is 34.8 Å². The van der Waals surface area contributed by atoms with E-state index >= 15 is 0 Å². The van der Waals surface area contributed by atoms with Gasteiger partial charge in [0.2, 0.25) is 0 Å². The predicted molar refractivity (Wildman–Crippen MR) is 147 cm³/mol. The average molecular weight is 496 g/mol. The lowest BCUT2D eigenvalue weighted by Crippen LogP contribution is -2.43. The van der Waals surface area contributed by atoms with Crippen LogP contribution in [0.3, 0.4) is 0 Å². The lowest BCUT2D eigenvalue weighted by molar-refractivity contribution is 0.199. The fourth-order valence-corrected chi connectivity index (χ4v) is 6.21. The van der Waals surface area contributed by atoms with Crippen LogP contribution in [0.1, 0.15) is 42.1 Å². The standard InChI is InChI=1S/C31H30ClN3O/c1-21-17-31(18-21,23-9-4-3-5-10-23)27-16-25(14-15-26(27)30-34-29(32)19-35(30)2)36-20-24-13-12-22-8-6-7-11-28(22)33-24/h3-16,21,29H,17-20H2,1-2H3. The molecule has 1 atom stereocenters. The van der Waals surface area contributed by atoms with Crippen molar-refractivity contribution in [2.24, 2.45) is 10.9 Å². The molecule has 1 aromatic heterocycles. The summed E-state index contributed by atoms with van der Waals surface area (Å²) in [6.45, 7) is 3.47. The quantitative estimate of drug-likeness (QED) is 0.218. The summed E-state index contributed by atoms with van der Waals surface area (Å²) < 4.78 is 6.33. The topological polar surface area (TPSA) is 37.7 Å². The second-order valence-electron chi connectivity index (χ2n) is 10.2. The van der Waals surface area contributed by atoms with E-state index in [2.05, 4.69) is 79.5 Å². The van der Waals surface area contributed by atoms with Gasteiger partial charge in [-0.25, -0.2) is 9.98 Å². The van der Waals surface area contributed by atoms with E-state index in [-0.39, 0.29) is 10.9 Å². The number of nitrogens with zero attached hydrogens (tertiary/aromatic N) is 3. The Labute approximate surface area is 217 Å². The molecule has 1 aliphatic carbocycles. The van der Waals surface area contributed by atoms with Crippen LogP contribution in [0.25, 0.3) is 10.9 Å². The third-order valence-corrected chi connectivity index (χ3v) is 7.79. The van der Waals surface area contributed by atoms with Crippen LogP contribution in [0.15, 0.2) is 89.9 Å². The van der Waals surface area contributed by atoms with Crippen LogP contribution < -0.4 is 4.74 Å². The number of alkyl halides is 1. The van der Waals surface area contributed by atoms with Crippen molar-refractivity contribution in [3.63, 3.8) is 0 Å². The minimum atomic E-state index is -0.222. The highest BCUT2D eigenvalue weighted by Gasteiger charge is 2.47. The zero-order valence-electron chi connectivity index (χ0n) is 20.7. The molecule has 2 aliphatic rings. The maximum Gasteiger partial charge on any atom is 0.143 e. The molecule has 0 saturated heterocycles. The van der Waals surface area contributed by atoms with Gasteiger partial charge < -0.3 is 9.64 Å². The Bertz CT molecular complexity index is 1430. The molecular formula is C31H30ClN3O. The van der Waals surface area contributed by atoms with Gasteiger partial charge in [0.15, 0.2) is 0 Å². The van der Waals surface area contributed by atoms with Gasteiger partial charge in [-0.1, -0.05) is 73.1 Å². The zero-order chi connectivity index (χ0) is 24.7. The fraction of sp³-hybridized carbons (Fsp3) is 0.290. The van der Waals surface area contributed by atoms with E-state index in [4.69, 9.17) is 26.3 Å². The number of aromatic nitrogens is 1. The molecule has 182 valence electrons. The van der Waals surface area contributed by atoms with Crippen molar-refractivity contribution < 1.29 is 4.74 Å². The number of hydrogen-bond donors (Lipinski definition) is 0. The van der Waals surface area contributed by atoms with Gasteiger partial charge in [0, 0.05) is 23.4 Å². The summed E-state index contributed by atoms with van der Waals surface area (Å²) >= 11 is 6.44. The molecule has 0 amide bonds. The summed E-state index contributed by atoms with van der Waals surface area (Å²) in [4.78, 5) is 11.7. The molecule has 0 bridgehead atoms. The van der Waals surface area contributed by atoms with Gasteiger partial charge in [-0.3, -0.25) is 0 Å². The highest BCUT2D eigenvalue weighted by molar-refractivity contribution is 6.22. The Morgan fingerprint density at radius 2 is 1.75 bits per heavy atom. The summed E-state index contributed by atoms with van der Waals surface area (Å²) in [6.07, 6.45) is 2.20. The number of fused-ring (bicyclic) bond motifs is 1. The maximum atomic E-state index is 6.44. The summed E-state index contributed by atoms with van der Waals surface area (Å²) in [5.74, 6) is 2.47. The van der Waals surface area contributed by atoms with Crippen LogP contribution in [0.2, 0.25) is 0 Å². The van der Waals surface area contributed by atoms with E-state index < -0.39 is 0 Å². The molecule has 36 heavy (non-hydrogen) atoms. The van der Waals surface area contributed by atoms with Crippen molar-refractivity contribution in [1.82, 2.24) is 9.88 Å². The third-order valence-electron chi connectivity index (χ3n) is 7.56. The molecule has 6 rings (SSSR count). The SMILES string of the molecule is CC1CC(c2ccccc2)(c2cc(OCc3ccc4ccccc4n3)ccc2C2=NC(Cl)CN2C)C1. The number of amidine groups is 1. The van der Waals surface area contributed by atoms with Gasteiger partial charge in [0.25, 0.3) is 0 Å². The molecule has 1 fully saturated rings. The minimum absolute atomic E-state index is 0.0651. The van der Waals surface area contributed by atoms with Crippen molar-refractivity contribution in [3.05, 3.63) is 107 Å². The normalized spacial score (nSPS) is 23.4. The van der Waals surface area contributed by atoms with Crippen LogP contribution >= 0.6 is 11.6 Å². The summed E-state index contributed by atoms with van der Waals surface area (Å²) in [5, 5.41) is 1.14. The summed E-state index contributed by atoms with van der Waals surface area (Å²) in [6, 6.07) is 29.6. The number of likely N-dealkylation sites (N-methyl/N-ethyl adjacent to an activating group) is 1. The van der Waals surface area contributed by atoms with Gasteiger partial charge in [-0.15, -0.1) is 0 Å². The molecular weight excluding hydrogens is 466 g/mol. The van der Waals surface area contributed by atoms with Crippen molar-refractivity contribution in [3.8, 4) is 5.75 Å². The molecule has 0 spiro atoms. The number of benzene rings is 3. The largest absolute Gasteiger partial charge is 0.487 e. The number of ether oxygens (including phenoxy) is 1. The van der Waals surface area contributed by atoms with Crippen LogP contribution in [-0.2, 0) is 12.0 Å². The lowest BCUT2D eigenvalue weighted by Gasteiger charge is -2.48. The van der Waals surface area contributed by atoms with E-state index in [0.717, 1.165) is 53.1 Å².